The molecular weight excluding hydrogens is 167 g/mol. The first-order chi connectivity index (χ1) is 5.52. The molecule has 0 bridgehead atoms. The maximum absolute atomic E-state index is 12.7. The van der Waals surface area contributed by atoms with E-state index in [4.69, 9.17) is 0 Å². The van der Waals surface area contributed by atoms with Gasteiger partial charge in [0.2, 0.25) is 6.20 Å². The summed E-state index contributed by atoms with van der Waals surface area (Å²) in [5.41, 5.74) is -0.642. The summed E-state index contributed by atoms with van der Waals surface area (Å²) in [5.74, 6) is -1.12. The second-order valence-electron chi connectivity index (χ2n) is 2.25. The maximum Gasteiger partial charge on any atom is 0.319 e. The van der Waals surface area contributed by atoms with Gasteiger partial charge in [0, 0.05) is 0 Å². The zero-order valence-corrected chi connectivity index (χ0v) is 6.15. The van der Waals surface area contributed by atoms with Crippen molar-refractivity contribution in [1.82, 2.24) is 0 Å². The molecule has 0 aliphatic rings. The molecule has 0 spiro atoms. The highest BCUT2D eigenvalue weighted by molar-refractivity contribution is 5.35. The summed E-state index contributed by atoms with van der Waals surface area (Å²) in [6.07, 6.45) is 1.46. The van der Waals surface area contributed by atoms with Crippen LogP contribution >= 0.6 is 0 Å². The molecule has 1 heterocycles. The van der Waals surface area contributed by atoms with Crippen molar-refractivity contribution < 1.29 is 14.0 Å². The van der Waals surface area contributed by atoms with E-state index in [9.17, 15) is 19.7 Å². The van der Waals surface area contributed by atoms with Gasteiger partial charge in [-0.25, -0.2) is 0 Å². The molecule has 0 aromatic carbocycles. The van der Waals surface area contributed by atoms with Crippen molar-refractivity contribution in [3.63, 3.8) is 0 Å². The van der Waals surface area contributed by atoms with Crippen molar-refractivity contribution in [2.75, 3.05) is 0 Å². The molecule has 6 heteroatoms. The Labute approximate surface area is 66.8 Å². The number of pyridine rings is 1. The van der Waals surface area contributed by atoms with Crippen LogP contribution < -0.4 is 4.73 Å². The average molecular weight is 172 g/mol. The van der Waals surface area contributed by atoms with Gasteiger partial charge in [-0.15, -0.1) is 0 Å². The molecule has 1 aromatic rings. The molecule has 0 saturated heterocycles. The topological polar surface area (TPSA) is 70.1 Å². The van der Waals surface area contributed by atoms with E-state index in [1.54, 1.807) is 0 Å². The van der Waals surface area contributed by atoms with Crippen molar-refractivity contribution in [1.29, 1.82) is 0 Å². The summed E-state index contributed by atoms with van der Waals surface area (Å²) >= 11 is 0. The number of hydrogen-bond donors (Lipinski definition) is 0. The van der Waals surface area contributed by atoms with Crippen LogP contribution in [0.25, 0.3) is 0 Å². The lowest BCUT2D eigenvalue weighted by atomic mass is 10.2. The van der Waals surface area contributed by atoms with Crippen LogP contribution in [0.15, 0.2) is 12.4 Å². The average Bonchev–Trinajstić information content (AvgIpc) is 1.82. The van der Waals surface area contributed by atoms with Crippen LogP contribution in [0.4, 0.5) is 10.1 Å². The number of nitrogens with zero attached hydrogens (tertiary/aromatic N) is 2. The Morgan fingerprint density at radius 2 is 2.17 bits per heavy atom. The van der Waals surface area contributed by atoms with Crippen molar-refractivity contribution in [3.05, 3.63) is 39.1 Å². The van der Waals surface area contributed by atoms with E-state index in [1.807, 2.05) is 0 Å². The lowest BCUT2D eigenvalue weighted by molar-refractivity contribution is -0.608. The fraction of sp³-hybridized carbons (Fsp3) is 0.167. The van der Waals surface area contributed by atoms with Gasteiger partial charge < -0.3 is 5.21 Å². The number of aromatic nitrogens is 1. The Balaban J connectivity index is 3.38. The molecule has 0 aliphatic heterocycles. The van der Waals surface area contributed by atoms with Crippen LogP contribution in [0.5, 0.6) is 0 Å². The smallest absolute Gasteiger partial charge is 0.319 e. The lowest BCUT2D eigenvalue weighted by Crippen LogP contribution is -2.26. The SMILES string of the molecule is Cc1c[n+]([O-])cc(F)c1[N+](=O)[O-]. The first-order valence-corrected chi connectivity index (χ1v) is 3.05. The van der Waals surface area contributed by atoms with Crippen molar-refractivity contribution >= 4 is 5.69 Å². The number of hydrogen-bond acceptors (Lipinski definition) is 3. The number of halogens is 1. The first-order valence-electron chi connectivity index (χ1n) is 3.05. The van der Waals surface area contributed by atoms with E-state index in [1.165, 1.54) is 6.92 Å². The zero-order valence-electron chi connectivity index (χ0n) is 6.15. The molecule has 0 radical (unpaired) electrons. The Hall–Kier alpha value is -1.72. The van der Waals surface area contributed by atoms with Crippen LogP contribution in [-0.4, -0.2) is 4.92 Å². The lowest BCUT2D eigenvalue weighted by Gasteiger charge is -1.98. The minimum atomic E-state index is -1.12. The molecule has 12 heavy (non-hydrogen) atoms. The largest absolute Gasteiger partial charge is 0.619 e. The summed E-state index contributed by atoms with van der Waals surface area (Å²) in [4.78, 5) is 9.35. The first kappa shape index (κ1) is 8.38. The highest BCUT2D eigenvalue weighted by atomic mass is 19.1. The maximum atomic E-state index is 12.7. The molecule has 0 unspecified atom stereocenters. The van der Waals surface area contributed by atoms with Gasteiger partial charge in [-0.1, -0.05) is 0 Å². The van der Waals surface area contributed by atoms with E-state index in [-0.39, 0.29) is 10.3 Å². The molecular formula is C6H5FN2O3. The second kappa shape index (κ2) is 2.72. The number of rotatable bonds is 1. The summed E-state index contributed by atoms with van der Waals surface area (Å²) in [7, 11) is 0. The molecule has 0 fully saturated rings. The summed E-state index contributed by atoms with van der Waals surface area (Å²) < 4.78 is 12.9. The molecule has 0 saturated carbocycles. The Morgan fingerprint density at radius 1 is 1.58 bits per heavy atom. The van der Waals surface area contributed by atoms with Gasteiger partial charge in [-0.2, -0.15) is 9.12 Å². The Kier molecular flexibility index (Phi) is 1.90. The predicted octanol–water partition coefficient (Wildman–Crippen LogP) is 0.676. The Bertz CT molecular complexity index is 317. The third-order valence-electron chi connectivity index (χ3n) is 1.34. The van der Waals surface area contributed by atoms with Crippen molar-refractivity contribution in [2.24, 2.45) is 0 Å². The summed E-state index contributed by atoms with van der Waals surface area (Å²) in [5, 5.41) is 20.7. The molecule has 64 valence electrons. The van der Waals surface area contributed by atoms with Crippen molar-refractivity contribution in [2.45, 2.75) is 6.92 Å². The molecule has 5 nitrogen and oxygen atoms in total. The van der Waals surface area contributed by atoms with Gasteiger partial charge in [0.25, 0.3) is 5.82 Å². The Morgan fingerprint density at radius 3 is 2.58 bits per heavy atom. The molecule has 1 rings (SSSR count). The van der Waals surface area contributed by atoms with Crippen LogP contribution in [0.2, 0.25) is 0 Å². The van der Waals surface area contributed by atoms with Crippen LogP contribution in [-0.2, 0) is 0 Å². The number of aryl methyl sites for hydroxylation is 1. The van der Waals surface area contributed by atoms with Crippen LogP contribution in [0, 0.1) is 28.1 Å². The predicted molar refractivity (Wildman–Crippen MR) is 36.8 cm³/mol. The minimum absolute atomic E-state index is 0.00926. The fourth-order valence-corrected chi connectivity index (χ4v) is 0.882. The van der Waals surface area contributed by atoms with Crippen molar-refractivity contribution in [3.8, 4) is 0 Å². The standard InChI is InChI=1S/C6H5FN2O3/c1-4-2-8(10)3-5(7)6(4)9(11)12/h2-3H,1H3. The van der Waals surface area contributed by atoms with E-state index in [0.29, 0.717) is 6.20 Å². The van der Waals surface area contributed by atoms with E-state index >= 15 is 0 Å². The second-order valence-corrected chi connectivity index (χ2v) is 2.25. The summed E-state index contributed by atoms with van der Waals surface area (Å²) in [6.45, 7) is 1.30. The van der Waals surface area contributed by atoms with Gasteiger partial charge in [0.05, 0.1) is 10.5 Å². The highest BCUT2D eigenvalue weighted by Gasteiger charge is 2.21. The van der Waals surface area contributed by atoms with Gasteiger partial charge in [-0.3, -0.25) is 10.1 Å². The zero-order chi connectivity index (χ0) is 9.30. The molecule has 0 amide bonds. The van der Waals surface area contributed by atoms with Crippen LogP contribution in [0.1, 0.15) is 5.56 Å². The summed E-state index contributed by atoms with van der Waals surface area (Å²) in [6, 6.07) is 0. The van der Waals surface area contributed by atoms with E-state index in [0.717, 1.165) is 6.20 Å². The van der Waals surface area contributed by atoms with E-state index < -0.39 is 16.4 Å². The van der Waals surface area contributed by atoms with Gasteiger partial charge in [0.15, 0.2) is 6.20 Å². The van der Waals surface area contributed by atoms with Gasteiger partial charge in [-0.05, 0) is 6.92 Å². The molecule has 0 aliphatic carbocycles. The van der Waals surface area contributed by atoms with Gasteiger partial charge in [0.1, 0.15) is 0 Å². The monoisotopic (exact) mass is 172 g/mol. The third-order valence-corrected chi connectivity index (χ3v) is 1.34. The minimum Gasteiger partial charge on any atom is -0.619 e. The van der Waals surface area contributed by atoms with Crippen LogP contribution in [0.3, 0.4) is 0 Å². The van der Waals surface area contributed by atoms with E-state index in [2.05, 4.69) is 0 Å². The third kappa shape index (κ3) is 1.31. The number of nitro groups is 1. The quantitative estimate of drug-likeness (QED) is 0.270. The molecule has 0 atom stereocenters. The fourth-order valence-electron chi connectivity index (χ4n) is 0.882. The molecule has 0 N–H and O–H groups in total. The normalized spacial score (nSPS) is 9.83. The van der Waals surface area contributed by atoms with Gasteiger partial charge >= 0.3 is 5.69 Å². The highest BCUT2D eigenvalue weighted by Crippen LogP contribution is 2.18. The molecule has 1 aromatic heterocycles.